The van der Waals surface area contributed by atoms with E-state index < -0.39 is 10.0 Å². The van der Waals surface area contributed by atoms with Crippen molar-refractivity contribution < 1.29 is 17.9 Å². The normalized spacial score (nSPS) is 13.1. The number of hydrogen-bond donors (Lipinski definition) is 1. The predicted molar refractivity (Wildman–Crippen MR) is 125 cm³/mol. The molecule has 0 bridgehead atoms. The molecule has 1 heterocycles. The monoisotopic (exact) mass is 450 g/mol. The Morgan fingerprint density at radius 3 is 2.44 bits per heavy atom. The molecular weight excluding hydrogens is 424 g/mol. The highest BCUT2D eigenvalue weighted by Gasteiger charge is 2.26. The minimum absolute atomic E-state index is 0.189. The van der Waals surface area contributed by atoms with Crippen LogP contribution in [0.25, 0.3) is 0 Å². The van der Waals surface area contributed by atoms with Gasteiger partial charge in [0.2, 0.25) is 10.0 Å². The SMILES string of the molecule is CS(=O)(=O)N1CCc2cc(C(=O)NCc3ccccc3COCc3ccccc3)ccc21. The van der Waals surface area contributed by atoms with Crippen LogP contribution in [0.4, 0.5) is 5.69 Å². The summed E-state index contributed by atoms with van der Waals surface area (Å²) in [6.45, 7) is 1.79. The average Bonchev–Trinajstić information content (AvgIpc) is 3.23. The lowest BCUT2D eigenvalue weighted by Gasteiger charge is -2.16. The summed E-state index contributed by atoms with van der Waals surface area (Å²) in [6.07, 6.45) is 1.80. The van der Waals surface area contributed by atoms with E-state index in [4.69, 9.17) is 4.74 Å². The van der Waals surface area contributed by atoms with Gasteiger partial charge in [-0.15, -0.1) is 0 Å². The van der Waals surface area contributed by atoms with Crippen LogP contribution >= 0.6 is 0 Å². The number of ether oxygens (including phenoxy) is 1. The minimum atomic E-state index is -3.30. The van der Waals surface area contributed by atoms with Gasteiger partial charge in [-0.25, -0.2) is 8.42 Å². The molecule has 6 nitrogen and oxygen atoms in total. The van der Waals surface area contributed by atoms with Gasteiger partial charge in [-0.05, 0) is 46.9 Å². The first-order valence-electron chi connectivity index (χ1n) is 10.5. The van der Waals surface area contributed by atoms with Crippen LogP contribution in [0.1, 0.15) is 32.6 Å². The van der Waals surface area contributed by atoms with Gasteiger partial charge in [-0.3, -0.25) is 9.10 Å². The molecular formula is C25H26N2O4S. The van der Waals surface area contributed by atoms with Gasteiger partial charge in [-0.2, -0.15) is 0 Å². The van der Waals surface area contributed by atoms with Crippen molar-refractivity contribution in [2.24, 2.45) is 0 Å². The fraction of sp³-hybridized carbons (Fsp3) is 0.240. The lowest BCUT2D eigenvalue weighted by atomic mass is 10.1. The number of benzene rings is 3. The summed E-state index contributed by atoms with van der Waals surface area (Å²) in [6, 6.07) is 23.0. The molecule has 0 saturated heterocycles. The third-order valence-corrected chi connectivity index (χ3v) is 6.70. The molecule has 4 rings (SSSR count). The van der Waals surface area contributed by atoms with Crippen LogP contribution in [0, 0.1) is 0 Å². The van der Waals surface area contributed by atoms with Crippen molar-refractivity contribution in [1.82, 2.24) is 5.32 Å². The topological polar surface area (TPSA) is 75.7 Å². The Labute approximate surface area is 188 Å². The Hall–Kier alpha value is -3.16. The van der Waals surface area contributed by atoms with Gasteiger partial charge in [0.25, 0.3) is 5.91 Å². The number of sulfonamides is 1. The number of anilines is 1. The molecule has 0 aromatic heterocycles. The van der Waals surface area contributed by atoms with Gasteiger partial charge >= 0.3 is 0 Å². The second kappa shape index (κ2) is 9.54. The summed E-state index contributed by atoms with van der Waals surface area (Å²) in [4.78, 5) is 12.7. The molecule has 0 aliphatic carbocycles. The van der Waals surface area contributed by atoms with Crippen molar-refractivity contribution in [2.75, 3.05) is 17.1 Å². The van der Waals surface area contributed by atoms with Crippen molar-refractivity contribution in [1.29, 1.82) is 0 Å². The van der Waals surface area contributed by atoms with Crippen molar-refractivity contribution in [3.05, 3.63) is 101 Å². The quantitative estimate of drug-likeness (QED) is 0.568. The fourth-order valence-corrected chi connectivity index (χ4v) is 4.82. The number of nitrogens with one attached hydrogen (secondary N) is 1. The molecule has 0 atom stereocenters. The third kappa shape index (κ3) is 5.18. The van der Waals surface area contributed by atoms with E-state index in [1.54, 1.807) is 18.2 Å². The van der Waals surface area contributed by atoms with Crippen molar-refractivity contribution >= 4 is 21.6 Å². The van der Waals surface area contributed by atoms with Gasteiger partial charge in [0.05, 0.1) is 25.2 Å². The van der Waals surface area contributed by atoms with E-state index in [1.807, 2.05) is 54.6 Å². The van der Waals surface area contributed by atoms with E-state index in [0.29, 0.717) is 44.0 Å². The number of rotatable bonds is 8. The smallest absolute Gasteiger partial charge is 0.251 e. The molecule has 0 spiro atoms. The lowest BCUT2D eigenvalue weighted by molar-refractivity contribution is 0.0947. The van der Waals surface area contributed by atoms with Crippen LogP contribution in [0.15, 0.2) is 72.8 Å². The summed E-state index contributed by atoms with van der Waals surface area (Å²) in [5, 5.41) is 2.97. The first kappa shape index (κ1) is 22.0. The molecule has 3 aromatic carbocycles. The molecule has 0 unspecified atom stereocenters. The molecule has 0 saturated carbocycles. The zero-order valence-electron chi connectivity index (χ0n) is 18.0. The van der Waals surface area contributed by atoms with Crippen LogP contribution in [0.5, 0.6) is 0 Å². The van der Waals surface area contributed by atoms with Crippen molar-refractivity contribution in [3.63, 3.8) is 0 Å². The zero-order chi connectivity index (χ0) is 22.6. The number of amides is 1. The standard InChI is InChI=1S/C25H26N2O4S/c1-32(29,30)27-14-13-20-15-21(11-12-24(20)27)25(28)26-16-22-9-5-6-10-23(22)18-31-17-19-7-3-2-4-8-19/h2-12,15H,13-14,16-18H2,1H3,(H,26,28). The van der Waals surface area contributed by atoms with Crippen LogP contribution in [0.3, 0.4) is 0 Å². The van der Waals surface area contributed by atoms with Crippen LogP contribution < -0.4 is 9.62 Å². The van der Waals surface area contributed by atoms with E-state index in [9.17, 15) is 13.2 Å². The predicted octanol–water partition coefficient (Wildman–Crippen LogP) is 3.66. The lowest BCUT2D eigenvalue weighted by Crippen LogP contribution is -2.27. The molecule has 1 aliphatic heterocycles. The maximum atomic E-state index is 12.7. The molecule has 1 N–H and O–H groups in total. The van der Waals surface area contributed by atoms with Gasteiger partial charge < -0.3 is 10.1 Å². The first-order valence-corrected chi connectivity index (χ1v) is 12.3. The van der Waals surface area contributed by atoms with E-state index in [2.05, 4.69) is 5.32 Å². The van der Waals surface area contributed by atoms with Gasteiger partial charge in [0.15, 0.2) is 0 Å². The molecule has 7 heteroatoms. The first-order chi connectivity index (χ1) is 15.4. The largest absolute Gasteiger partial charge is 0.372 e. The Bertz CT molecular complexity index is 1210. The molecule has 1 amide bonds. The van der Waals surface area contributed by atoms with Crippen LogP contribution in [-0.2, 0) is 40.9 Å². The van der Waals surface area contributed by atoms with E-state index >= 15 is 0 Å². The van der Waals surface area contributed by atoms with Crippen LogP contribution in [0.2, 0.25) is 0 Å². The molecule has 3 aromatic rings. The third-order valence-electron chi connectivity index (χ3n) is 5.52. The Morgan fingerprint density at radius 1 is 0.969 bits per heavy atom. The Kier molecular flexibility index (Phi) is 6.58. The van der Waals surface area contributed by atoms with Gasteiger partial charge in [0.1, 0.15) is 0 Å². The highest BCUT2D eigenvalue weighted by Crippen LogP contribution is 2.30. The second-order valence-electron chi connectivity index (χ2n) is 7.86. The number of nitrogens with zero attached hydrogens (tertiary/aromatic N) is 1. The summed E-state index contributed by atoms with van der Waals surface area (Å²) in [5.41, 5.74) is 5.20. The van der Waals surface area contributed by atoms with E-state index in [1.165, 1.54) is 10.6 Å². The summed E-state index contributed by atoms with van der Waals surface area (Å²) < 4.78 is 31.0. The molecule has 166 valence electrons. The number of fused-ring (bicyclic) bond motifs is 1. The van der Waals surface area contributed by atoms with E-state index in [-0.39, 0.29) is 5.91 Å². The number of hydrogen-bond acceptors (Lipinski definition) is 4. The summed E-state index contributed by atoms with van der Waals surface area (Å²) in [7, 11) is -3.30. The maximum absolute atomic E-state index is 12.7. The van der Waals surface area contributed by atoms with Gasteiger partial charge in [-0.1, -0.05) is 54.6 Å². The number of carbonyl (C=O) groups is 1. The van der Waals surface area contributed by atoms with E-state index in [0.717, 1.165) is 22.3 Å². The molecule has 32 heavy (non-hydrogen) atoms. The van der Waals surface area contributed by atoms with Crippen molar-refractivity contribution in [2.45, 2.75) is 26.2 Å². The second-order valence-corrected chi connectivity index (χ2v) is 9.77. The summed E-state index contributed by atoms with van der Waals surface area (Å²) >= 11 is 0. The zero-order valence-corrected chi connectivity index (χ0v) is 18.8. The molecule has 1 aliphatic rings. The minimum Gasteiger partial charge on any atom is -0.372 e. The average molecular weight is 451 g/mol. The highest BCUT2D eigenvalue weighted by molar-refractivity contribution is 7.92. The van der Waals surface area contributed by atoms with Crippen LogP contribution in [-0.4, -0.2) is 27.1 Å². The molecule has 0 fully saturated rings. The summed E-state index contributed by atoms with van der Waals surface area (Å²) in [5.74, 6) is -0.189. The molecule has 0 radical (unpaired) electrons. The Morgan fingerprint density at radius 2 is 1.69 bits per heavy atom. The van der Waals surface area contributed by atoms with Gasteiger partial charge in [0, 0.05) is 18.7 Å². The maximum Gasteiger partial charge on any atom is 0.251 e. The fourth-order valence-electron chi connectivity index (χ4n) is 3.86. The van der Waals surface area contributed by atoms with Crippen molar-refractivity contribution in [3.8, 4) is 0 Å². The number of carbonyl (C=O) groups excluding carboxylic acids is 1. The Balaban J connectivity index is 1.37. The highest BCUT2D eigenvalue weighted by atomic mass is 32.2.